The maximum atomic E-state index is 13.0. The fraction of sp³-hybridized carbons (Fsp3) is 0.519. The molecule has 1 aromatic heterocycles. The number of benzene rings is 1. The van der Waals surface area contributed by atoms with Crippen molar-refractivity contribution in [1.82, 2.24) is 19.7 Å². The van der Waals surface area contributed by atoms with Crippen molar-refractivity contribution in [1.29, 1.82) is 0 Å². The number of nitrogens with one attached hydrogen (secondary N) is 1. The molecule has 7 nitrogen and oxygen atoms in total. The van der Waals surface area contributed by atoms with Crippen molar-refractivity contribution < 1.29 is 4.79 Å². The smallest absolute Gasteiger partial charge is 0.255 e. The second-order valence-corrected chi connectivity index (χ2v) is 9.85. The summed E-state index contributed by atoms with van der Waals surface area (Å²) < 4.78 is 1.49. The summed E-state index contributed by atoms with van der Waals surface area (Å²) in [7, 11) is 1.66. The molecule has 1 N–H and O–H groups in total. The van der Waals surface area contributed by atoms with Gasteiger partial charge in [-0.15, -0.1) is 0 Å². The number of carbonyl (C=O) groups excluding carboxylic acids is 1. The van der Waals surface area contributed by atoms with Gasteiger partial charge >= 0.3 is 0 Å². The lowest BCUT2D eigenvalue weighted by atomic mass is 9.94. The van der Waals surface area contributed by atoms with E-state index in [0.29, 0.717) is 40.6 Å². The van der Waals surface area contributed by atoms with Crippen LogP contribution >= 0.6 is 0 Å². The van der Waals surface area contributed by atoms with Crippen LogP contribution in [0.2, 0.25) is 0 Å². The van der Waals surface area contributed by atoms with E-state index in [1.807, 2.05) is 6.08 Å². The highest BCUT2D eigenvalue weighted by Crippen LogP contribution is 2.23. The molecule has 0 atom stereocenters. The van der Waals surface area contributed by atoms with Crippen molar-refractivity contribution in [3.05, 3.63) is 61.5 Å². The zero-order chi connectivity index (χ0) is 23.7. The van der Waals surface area contributed by atoms with E-state index in [4.69, 9.17) is 0 Å². The van der Waals surface area contributed by atoms with Crippen LogP contribution in [0.3, 0.4) is 0 Å². The molecule has 5 rings (SSSR count). The molecule has 1 saturated heterocycles. The highest BCUT2D eigenvalue weighted by molar-refractivity contribution is 5.98. The molecule has 7 heteroatoms. The molecule has 0 bridgehead atoms. The second kappa shape index (κ2) is 9.84. The summed E-state index contributed by atoms with van der Waals surface area (Å²) in [5.41, 5.74) is 1.61. The summed E-state index contributed by atoms with van der Waals surface area (Å²) >= 11 is 0. The van der Waals surface area contributed by atoms with E-state index in [1.54, 1.807) is 31.3 Å². The number of amides is 1. The lowest BCUT2D eigenvalue weighted by Crippen LogP contribution is -2.52. The summed E-state index contributed by atoms with van der Waals surface area (Å²) in [6, 6.07) is 5.78. The Morgan fingerprint density at radius 2 is 1.82 bits per heavy atom. The number of rotatable bonds is 5. The lowest BCUT2D eigenvalue weighted by Gasteiger charge is -2.40. The van der Waals surface area contributed by atoms with Gasteiger partial charge in [-0.1, -0.05) is 31.4 Å². The summed E-state index contributed by atoms with van der Waals surface area (Å²) in [5, 5.41) is 3.47. The van der Waals surface area contributed by atoms with Gasteiger partial charge < -0.3 is 9.88 Å². The highest BCUT2D eigenvalue weighted by atomic mass is 16.2. The Bertz CT molecular complexity index is 1240. The van der Waals surface area contributed by atoms with E-state index in [-0.39, 0.29) is 16.9 Å². The first-order valence-corrected chi connectivity index (χ1v) is 12.6. The van der Waals surface area contributed by atoms with Gasteiger partial charge in [-0.25, -0.2) is 0 Å². The number of piperazine rings is 1. The topological polar surface area (TPSA) is 74.6 Å². The van der Waals surface area contributed by atoms with Crippen LogP contribution in [0.5, 0.6) is 0 Å². The van der Waals surface area contributed by atoms with Crippen molar-refractivity contribution in [3.63, 3.8) is 0 Å². The minimum Gasteiger partial charge on any atom is -0.351 e. The second-order valence-electron chi connectivity index (χ2n) is 9.85. The van der Waals surface area contributed by atoms with Crippen LogP contribution in [0, 0.1) is 0 Å². The molecule has 180 valence electrons. The first-order chi connectivity index (χ1) is 16.5. The largest absolute Gasteiger partial charge is 0.351 e. The first-order valence-electron chi connectivity index (χ1n) is 12.6. The minimum absolute atomic E-state index is 0.157. The number of allylic oxidation sites excluding steroid dienone is 1. The Hall–Kier alpha value is -2.77. The summed E-state index contributed by atoms with van der Waals surface area (Å²) in [6.07, 6.45) is 10.9. The normalized spacial score (nSPS) is 19.4. The molecule has 1 amide bonds. The first kappa shape index (κ1) is 23.0. The van der Waals surface area contributed by atoms with Crippen LogP contribution in [0.15, 0.2) is 33.9 Å². The lowest BCUT2D eigenvalue weighted by molar-refractivity contribution is 0.0777. The number of hydrogen-bond donors (Lipinski definition) is 1. The van der Waals surface area contributed by atoms with E-state index in [9.17, 15) is 14.4 Å². The van der Waals surface area contributed by atoms with Crippen molar-refractivity contribution in [2.24, 2.45) is 7.05 Å². The van der Waals surface area contributed by atoms with Crippen LogP contribution in [0.4, 0.5) is 0 Å². The Kier molecular flexibility index (Phi) is 6.66. The third-order valence-corrected chi connectivity index (χ3v) is 7.82. The summed E-state index contributed by atoms with van der Waals surface area (Å²) in [5.74, 6) is -0.179. The standard InChI is InChI=1S/C27H34N4O3/c1-29-24-18-19(10-11-23(24)25(32)21-8-5-9-22(21)27(29)34)26(33)28-12-13-30-14-16-31(17-15-30)20-6-3-2-4-7-20/h5,8,10-11,18,20H,2-4,6-7,9,12-17H2,1H3,(H,28,33). The van der Waals surface area contributed by atoms with Crippen molar-refractivity contribution in [2.45, 2.75) is 44.6 Å². The van der Waals surface area contributed by atoms with E-state index in [1.165, 1.54) is 36.7 Å². The molecule has 0 unspecified atom stereocenters. The van der Waals surface area contributed by atoms with E-state index in [2.05, 4.69) is 15.1 Å². The van der Waals surface area contributed by atoms with Gasteiger partial charge in [-0.2, -0.15) is 0 Å². The van der Waals surface area contributed by atoms with Gasteiger partial charge in [0.15, 0.2) is 5.43 Å². The quantitative estimate of drug-likeness (QED) is 0.737. The maximum absolute atomic E-state index is 13.0. The predicted molar refractivity (Wildman–Crippen MR) is 135 cm³/mol. The molecular weight excluding hydrogens is 428 g/mol. The van der Waals surface area contributed by atoms with Crippen molar-refractivity contribution in [2.75, 3.05) is 39.3 Å². The zero-order valence-corrected chi connectivity index (χ0v) is 20.0. The molecule has 34 heavy (non-hydrogen) atoms. The van der Waals surface area contributed by atoms with Crippen LogP contribution in [-0.2, 0) is 13.5 Å². The SMILES string of the molecule is Cn1c(=O)c2c(c(=O)c3ccc(C(=O)NCCN4CCN(C5CCCCC5)CC4)cc31)C=CC2. The van der Waals surface area contributed by atoms with Gasteiger partial charge in [0.1, 0.15) is 0 Å². The van der Waals surface area contributed by atoms with Crippen molar-refractivity contribution >= 4 is 22.9 Å². The monoisotopic (exact) mass is 462 g/mol. The average Bonchev–Trinajstić information content (AvgIpc) is 3.35. The molecule has 2 aliphatic carbocycles. The zero-order valence-electron chi connectivity index (χ0n) is 20.0. The molecule has 0 radical (unpaired) electrons. The maximum Gasteiger partial charge on any atom is 0.255 e. The molecule has 1 aromatic carbocycles. The summed E-state index contributed by atoms with van der Waals surface area (Å²) in [4.78, 5) is 43.7. The van der Waals surface area contributed by atoms with Crippen LogP contribution < -0.4 is 16.3 Å². The third-order valence-electron chi connectivity index (χ3n) is 7.82. The molecule has 2 heterocycles. The van der Waals surface area contributed by atoms with Gasteiger partial charge in [-0.05, 0) is 37.5 Å². The van der Waals surface area contributed by atoms with E-state index < -0.39 is 0 Å². The fourth-order valence-electron chi connectivity index (χ4n) is 5.75. The van der Waals surface area contributed by atoms with Gasteiger partial charge in [-0.3, -0.25) is 24.2 Å². The van der Waals surface area contributed by atoms with Gasteiger partial charge in [0.2, 0.25) is 0 Å². The Balaban J connectivity index is 1.21. The van der Waals surface area contributed by atoms with Gasteiger partial charge in [0.25, 0.3) is 11.5 Å². The molecule has 3 aliphatic rings. The van der Waals surface area contributed by atoms with Crippen LogP contribution in [0.25, 0.3) is 17.0 Å². The van der Waals surface area contributed by atoms with Gasteiger partial charge in [0.05, 0.1) is 5.52 Å². The number of hydrogen-bond acceptors (Lipinski definition) is 5. The van der Waals surface area contributed by atoms with Crippen LogP contribution in [0.1, 0.15) is 53.6 Å². The molecule has 0 spiro atoms. The van der Waals surface area contributed by atoms with Gasteiger partial charge in [0, 0.05) is 74.4 Å². The van der Waals surface area contributed by atoms with E-state index in [0.717, 1.165) is 38.8 Å². The van der Waals surface area contributed by atoms with Crippen molar-refractivity contribution in [3.8, 4) is 0 Å². The summed E-state index contributed by atoms with van der Waals surface area (Å²) in [6.45, 7) is 5.73. The minimum atomic E-state index is -0.183. The number of fused-ring (bicyclic) bond motifs is 2. The Morgan fingerprint density at radius 1 is 1.06 bits per heavy atom. The Morgan fingerprint density at radius 3 is 2.59 bits per heavy atom. The van der Waals surface area contributed by atoms with E-state index >= 15 is 0 Å². The third kappa shape index (κ3) is 4.46. The molecule has 2 aromatic rings. The number of aromatic nitrogens is 1. The molecule has 2 fully saturated rings. The predicted octanol–water partition coefficient (Wildman–Crippen LogP) is 2.15. The Labute approximate surface area is 200 Å². The molecular formula is C27H34N4O3. The van der Waals surface area contributed by atoms with Crippen LogP contribution in [-0.4, -0.2) is 65.6 Å². The number of carbonyl (C=O) groups is 1. The number of nitrogens with zero attached hydrogens (tertiary/aromatic N) is 3. The average molecular weight is 463 g/mol. The number of aryl methyl sites for hydroxylation is 1. The fourth-order valence-corrected chi connectivity index (χ4v) is 5.75. The molecule has 1 saturated carbocycles. The molecule has 1 aliphatic heterocycles. The highest BCUT2D eigenvalue weighted by Gasteiger charge is 2.25.